The van der Waals surface area contributed by atoms with Crippen LogP contribution in [0, 0.1) is 0 Å². The number of phosphoric acid groups is 3. The molecule has 0 amide bonds. The summed E-state index contributed by atoms with van der Waals surface area (Å²) in [5, 5.41) is 21.0. The molecule has 4 rings (SSSR count). The molecule has 2 aliphatic heterocycles. The van der Waals surface area contributed by atoms with E-state index in [1.54, 1.807) is 0 Å². The lowest BCUT2D eigenvalue weighted by Gasteiger charge is -2.23. The molecule has 2 aliphatic rings. The number of nitrogens with two attached hydrogens (primary N) is 2. The van der Waals surface area contributed by atoms with Gasteiger partial charge in [0.05, 0.1) is 26.4 Å². The number of imidazole rings is 1. The Morgan fingerprint density at radius 1 is 1.02 bits per heavy atom. The van der Waals surface area contributed by atoms with E-state index in [9.17, 15) is 43.4 Å². The molecular formula is C20H36N6O17P3+. The zero-order valence-corrected chi connectivity index (χ0v) is 27.2. The molecule has 4 heterocycles. The van der Waals surface area contributed by atoms with Crippen molar-refractivity contribution in [2.75, 3.05) is 25.6 Å². The second kappa shape index (κ2) is 14.4. The quantitative estimate of drug-likeness (QED) is 0.0557. The Labute approximate surface area is 259 Å². The first-order valence-corrected chi connectivity index (χ1v) is 18.0. The largest absolute Gasteiger partial charge is 0.490 e. The van der Waals surface area contributed by atoms with Gasteiger partial charge in [0.2, 0.25) is 11.7 Å². The minimum absolute atomic E-state index is 0.00971. The monoisotopic (exact) mass is 725 g/mol. The summed E-state index contributed by atoms with van der Waals surface area (Å²) in [6, 6.07) is 0. The number of ether oxygens (including phenoxy) is 3. The number of aliphatic hydroxyl groups excluding tert-OH is 2. The molecule has 0 aromatic carbocycles. The number of H-pyrrole nitrogens is 1. The van der Waals surface area contributed by atoms with Crippen molar-refractivity contribution < 1.29 is 79.9 Å². The van der Waals surface area contributed by atoms with Crippen LogP contribution in [-0.4, -0.2) is 102 Å². The molecular weight excluding hydrogens is 689 g/mol. The van der Waals surface area contributed by atoms with Crippen molar-refractivity contribution in [3.63, 3.8) is 0 Å². The van der Waals surface area contributed by atoms with Crippen LogP contribution in [0.1, 0.15) is 26.5 Å². The van der Waals surface area contributed by atoms with Crippen LogP contribution in [0.15, 0.2) is 11.1 Å². The fourth-order valence-corrected chi connectivity index (χ4v) is 8.40. The fourth-order valence-electron chi connectivity index (χ4n) is 4.88. The summed E-state index contributed by atoms with van der Waals surface area (Å²) in [6.45, 7) is 1.85. The van der Waals surface area contributed by atoms with Crippen LogP contribution in [-0.2, 0) is 57.5 Å². The van der Waals surface area contributed by atoms with E-state index in [2.05, 4.69) is 23.1 Å². The fraction of sp³-hybridized carbons (Fsp3) is 0.750. The SMILES string of the molecule is CCCOC1C(COP(=O)(O)OP(=O)(O)OP(=O)(O)OCC2OC([n+]3cn(C)c4c(=O)[nH]c(N)nc43)C(O)C2ON)OC(C)C1O. The summed E-state index contributed by atoms with van der Waals surface area (Å²) in [5.41, 5.74) is 5.08. The molecule has 10 N–H and O–H groups in total. The topological polar surface area (TPSA) is 333 Å². The smallest absolute Gasteiger partial charge is 0.388 e. The van der Waals surface area contributed by atoms with Crippen molar-refractivity contribution in [3.8, 4) is 0 Å². The number of hydrogen-bond donors (Lipinski definition) is 8. The third kappa shape index (κ3) is 8.46. The Hall–Kier alpha value is -1.72. The first-order valence-electron chi connectivity index (χ1n) is 13.5. The number of nitrogen functional groups attached to an aromatic ring is 1. The van der Waals surface area contributed by atoms with E-state index in [4.69, 9.17) is 35.2 Å². The average Bonchev–Trinajstić information content (AvgIpc) is 3.53. The van der Waals surface area contributed by atoms with E-state index in [0.29, 0.717) is 6.42 Å². The second-order valence-electron chi connectivity index (χ2n) is 10.3. The minimum Gasteiger partial charge on any atom is -0.388 e. The number of phosphoric ester groups is 2. The van der Waals surface area contributed by atoms with Crippen LogP contribution in [0.4, 0.5) is 5.95 Å². The van der Waals surface area contributed by atoms with Crippen LogP contribution in [0.2, 0.25) is 0 Å². The Bertz CT molecular complexity index is 1590. The van der Waals surface area contributed by atoms with Crippen LogP contribution in [0.5, 0.6) is 0 Å². The molecule has 0 spiro atoms. The number of aryl methyl sites for hydroxylation is 1. The maximum absolute atomic E-state index is 12.5. The molecule has 2 aromatic heterocycles. The highest BCUT2D eigenvalue weighted by atomic mass is 31.3. The molecule has 11 atom stereocenters. The summed E-state index contributed by atoms with van der Waals surface area (Å²) in [4.78, 5) is 53.4. The summed E-state index contributed by atoms with van der Waals surface area (Å²) in [7, 11) is -15.4. The average molecular weight is 725 g/mol. The summed E-state index contributed by atoms with van der Waals surface area (Å²) < 4.78 is 74.0. The second-order valence-corrected chi connectivity index (χ2v) is 14.9. The maximum atomic E-state index is 12.5. The Kier molecular flexibility index (Phi) is 11.6. The predicted molar refractivity (Wildman–Crippen MR) is 149 cm³/mol. The molecule has 0 aliphatic carbocycles. The number of aliphatic hydroxyl groups is 2. The Morgan fingerprint density at radius 3 is 2.17 bits per heavy atom. The van der Waals surface area contributed by atoms with Crippen molar-refractivity contribution in [1.82, 2.24) is 14.5 Å². The van der Waals surface area contributed by atoms with Crippen LogP contribution in [0.3, 0.4) is 0 Å². The standard InChI is InChI=1S/C20H35N6O17P3/c1-4-5-36-15-10(39-9(2)13(15)27)6-37-44(30,31)42-46(34,35)43-45(32,33)38-7-11-16(41-22)14(28)19(40-11)26-8-25(3)12-17(26)23-20(21)24-18(12)29/h8-11,13-16,19,27-28H,4-7,22H2,1-3H3,(H5-,21,23,24,29,30,31,32,33,34,35)/p+1. The lowest BCUT2D eigenvalue weighted by Crippen LogP contribution is -2.47. The number of anilines is 1. The van der Waals surface area contributed by atoms with Gasteiger partial charge in [0, 0.05) is 6.61 Å². The van der Waals surface area contributed by atoms with Gasteiger partial charge >= 0.3 is 29.1 Å². The van der Waals surface area contributed by atoms with E-state index in [1.807, 2.05) is 6.92 Å². The number of hydrogen-bond acceptors (Lipinski definition) is 17. The number of nitrogens with zero attached hydrogens (tertiary/aromatic N) is 3. The normalized spacial score (nSPS) is 32.4. The van der Waals surface area contributed by atoms with Gasteiger partial charge in [-0.25, -0.2) is 24.2 Å². The third-order valence-electron chi connectivity index (χ3n) is 6.83. The van der Waals surface area contributed by atoms with Crippen LogP contribution < -0.4 is 21.8 Å². The van der Waals surface area contributed by atoms with Crippen LogP contribution in [0.25, 0.3) is 11.2 Å². The molecule has 23 nitrogen and oxygen atoms in total. The van der Waals surface area contributed by atoms with Crippen molar-refractivity contribution in [1.29, 1.82) is 0 Å². The Balaban J connectivity index is 1.37. The molecule has 262 valence electrons. The maximum Gasteiger partial charge on any atom is 0.490 e. The van der Waals surface area contributed by atoms with Crippen molar-refractivity contribution in [3.05, 3.63) is 16.7 Å². The zero-order valence-electron chi connectivity index (χ0n) is 24.5. The highest BCUT2D eigenvalue weighted by molar-refractivity contribution is 7.66. The van der Waals surface area contributed by atoms with Crippen molar-refractivity contribution >= 4 is 40.6 Å². The molecule has 46 heavy (non-hydrogen) atoms. The predicted octanol–water partition coefficient (Wildman–Crippen LogP) is -2.04. The van der Waals surface area contributed by atoms with Gasteiger partial charge in [0.1, 0.15) is 36.6 Å². The lowest BCUT2D eigenvalue weighted by atomic mass is 10.1. The summed E-state index contributed by atoms with van der Waals surface area (Å²) >= 11 is 0. The van der Waals surface area contributed by atoms with Crippen LogP contribution >= 0.6 is 23.5 Å². The van der Waals surface area contributed by atoms with Crippen molar-refractivity contribution in [2.45, 2.75) is 69.2 Å². The molecule has 0 bridgehead atoms. The highest BCUT2D eigenvalue weighted by Crippen LogP contribution is 2.67. The first kappa shape index (κ1) is 37.1. The molecule has 11 unspecified atom stereocenters. The summed E-state index contributed by atoms with van der Waals surface area (Å²) in [5.74, 6) is 5.04. The third-order valence-corrected chi connectivity index (χ3v) is 11.1. The minimum atomic E-state index is -5.85. The van der Waals surface area contributed by atoms with E-state index in [1.165, 1.54) is 29.4 Å². The molecule has 0 radical (unpaired) electrons. The van der Waals surface area contributed by atoms with Gasteiger partial charge in [-0.2, -0.15) is 8.62 Å². The van der Waals surface area contributed by atoms with Gasteiger partial charge in [-0.15, -0.1) is 0 Å². The molecule has 2 aromatic rings. The zero-order chi connectivity index (χ0) is 34.2. The Morgan fingerprint density at radius 2 is 1.61 bits per heavy atom. The van der Waals surface area contributed by atoms with Gasteiger partial charge in [-0.05, 0) is 13.3 Å². The summed E-state index contributed by atoms with van der Waals surface area (Å²) in [6.07, 6.45) is -7.73. The van der Waals surface area contributed by atoms with E-state index >= 15 is 0 Å². The number of aromatic nitrogens is 4. The highest BCUT2D eigenvalue weighted by Gasteiger charge is 2.51. The van der Waals surface area contributed by atoms with Gasteiger partial charge in [0.15, 0.2) is 6.33 Å². The van der Waals surface area contributed by atoms with E-state index in [0.717, 1.165) is 0 Å². The molecule has 2 saturated heterocycles. The number of aromatic amines is 1. The molecule has 2 fully saturated rings. The molecule has 0 saturated carbocycles. The number of nitrogens with one attached hydrogen (secondary N) is 1. The lowest BCUT2D eigenvalue weighted by molar-refractivity contribution is -0.745. The first-order chi connectivity index (χ1) is 21.4. The number of rotatable bonds is 15. The van der Waals surface area contributed by atoms with Gasteiger partial charge in [-0.1, -0.05) is 11.9 Å². The van der Waals surface area contributed by atoms with E-state index < -0.39 is 91.2 Å². The van der Waals surface area contributed by atoms with E-state index in [-0.39, 0.29) is 23.7 Å². The number of fused-ring (bicyclic) bond motifs is 1. The molecule has 26 heteroatoms. The van der Waals surface area contributed by atoms with Gasteiger partial charge in [-0.3, -0.25) is 28.2 Å². The van der Waals surface area contributed by atoms with Gasteiger partial charge in [0.25, 0.3) is 11.5 Å². The van der Waals surface area contributed by atoms with Crippen molar-refractivity contribution in [2.24, 2.45) is 12.9 Å². The van der Waals surface area contributed by atoms with Gasteiger partial charge < -0.3 is 44.8 Å².